The summed E-state index contributed by atoms with van der Waals surface area (Å²) in [5.41, 5.74) is 2.54. The molecule has 2 nitrogen and oxygen atoms in total. The van der Waals surface area contributed by atoms with E-state index in [1.54, 1.807) is 11.3 Å². The number of aryl methyl sites for hydroxylation is 1. The topological polar surface area (TPSA) is 24.9 Å². The van der Waals surface area contributed by atoms with Crippen LogP contribution in [0.25, 0.3) is 0 Å². The minimum absolute atomic E-state index is 0.349. The highest BCUT2D eigenvalue weighted by atomic mass is 32.1. The average Bonchev–Trinajstić information content (AvgIpc) is 2.86. The molecular weight excluding hydrogens is 252 g/mol. The van der Waals surface area contributed by atoms with E-state index in [4.69, 9.17) is 0 Å². The summed E-state index contributed by atoms with van der Waals surface area (Å²) in [6, 6.07) is 11.1. The van der Waals surface area contributed by atoms with Gasteiger partial charge in [0.05, 0.1) is 6.04 Å². The molecule has 0 aliphatic rings. The Balaban J connectivity index is 1.77. The minimum atomic E-state index is 0.349. The van der Waals surface area contributed by atoms with Crippen LogP contribution in [-0.4, -0.2) is 11.5 Å². The van der Waals surface area contributed by atoms with Crippen molar-refractivity contribution in [3.8, 4) is 0 Å². The van der Waals surface area contributed by atoms with Crippen molar-refractivity contribution in [2.24, 2.45) is 0 Å². The summed E-state index contributed by atoms with van der Waals surface area (Å²) >= 11 is 1.74. The zero-order valence-corrected chi connectivity index (χ0v) is 12.7. The molecule has 1 N–H and O–H groups in total. The van der Waals surface area contributed by atoms with Crippen LogP contribution in [0.1, 0.15) is 48.5 Å². The molecule has 3 heteroatoms. The first-order valence-electron chi connectivity index (χ1n) is 6.87. The summed E-state index contributed by atoms with van der Waals surface area (Å²) in [6.07, 6.45) is 1.15. The van der Waals surface area contributed by atoms with Crippen LogP contribution in [0.5, 0.6) is 0 Å². The van der Waals surface area contributed by atoms with Gasteiger partial charge in [0.1, 0.15) is 5.01 Å². The van der Waals surface area contributed by atoms with Crippen LogP contribution in [0, 0.1) is 6.92 Å². The highest BCUT2D eigenvalue weighted by Gasteiger charge is 2.10. The third kappa shape index (κ3) is 4.15. The van der Waals surface area contributed by atoms with Crippen molar-refractivity contribution in [3.05, 3.63) is 52.0 Å². The van der Waals surface area contributed by atoms with Gasteiger partial charge in [0.15, 0.2) is 0 Å². The summed E-state index contributed by atoms with van der Waals surface area (Å²) in [4.78, 5) is 4.52. The Morgan fingerprint density at radius 2 is 1.95 bits per heavy atom. The van der Waals surface area contributed by atoms with E-state index in [9.17, 15) is 0 Å². The molecule has 19 heavy (non-hydrogen) atoms. The minimum Gasteiger partial charge on any atom is -0.308 e. The highest BCUT2D eigenvalue weighted by molar-refractivity contribution is 7.09. The van der Waals surface area contributed by atoms with Crippen LogP contribution in [-0.2, 0) is 0 Å². The van der Waals surface area contributed by atoms with Gasteiger partial charge in [-0.1, -0.05) is 37.3 Å². The van der Waals surface area contributed by atoms with Crippen molar-refractivity contribution < 1.29 is 0 Å². The fourth-order valence-electron chi connectivity index (χ4n) is 2.12. The largest absolute Gasteiger partial charge is 0.308 e. The normalized spacial score (nSPS) is 14.3. The third-order valence-corrected chi connectivity index (χ3v) is 4.55. The average molecular weight is 274 g/mol. The van der Waals surface area contributed by atoms with E-state index in [0.29, 0.717) is 12.0 Å². The van der Waals surface area contributed by atoms with Crippen LogP contribution in [0.2, 0.25) is 0 Å². The maximum absolute atomic E-state index is 4.52. The summed E-state index contributed by atoms with van der Waals surface area (Å²) in [6.45, 7) is 7.54. The zero-order valence-electron chi connectivity index (χ0n) is 11.9. The van der Waals surface area contributed by atoms with Gasteiger partial charge in [-0.15, -0.1) is 11.3 Å². The molecule has 0 fully saturated rings. The van der Waals surface area contributed by atoms with Gasteiger partial charge in [-0.05, 0) is 38.3 Å². The Morgan fingerprint density at radius 1 is 1.21 bits per heavy atom. The Bertz CT molecular complexity index is 492. The highest BCUT2D eigenvalue weighted by Crippen LogP contribution is 2.20. The number of rotatable bonds is 6. The van der Waals surface area contributed by atoms with Crippen LogP contribution in [0.4, 0.5) is 0 Å². The number of hydrogen-bond acceptors (Lipinski definition) is 3. The van der Waals surface area contributed by atoms with E-state index < -0.39 is 0 Å². The number of aromatic nitrogens is 1. The Morgan fingerprint density at radius 3 is 2.58 bits per heavy atom. The number of hydrogen-bond donors (Lipinski definition) is 1. The Kier molecular flexibility index (Phi) is 5.11. The molecule has 102 valence electrons. The summed E-state index contributed by atoms with van der Waals surface area (Å²) in [5, 5.41) is 6.86. The zero-order chi connectivity index (χ0) is 13.7. The smallest absolute Gasteiger partial charge is 0.110 e. The first-order valence-corrected chi connectivity index (χ1v) is 7.75. The summed E-state index contributed by atoms with van der Waals surface area (Å²) in [5.74, 6) is 0.596. The van der Waals surface area contributed by atoms with Gasteiger partial charge in [-0.3, -0.25) is 0 Å². The predicted molar refractivity (Wildman–Crippen MR) is 82.7 cm³/mol. The van der Waals surface area contributed by atoms with Crippen LogP contribution in [0.15, 0.2) is 35.7 Å². The van der Waals surface area contributed by atoms with Crippen molar-refractivity contribution >= 4 is 11.3 Å². The molecular formula is C16H22N2S. The van der Waals surface area contributed by atoms with Gasteiger partial charge >= 0.3 is 0 Å². The first-order chi connectivity index (χ1) is 9.16. The molecule has 2 atom stereocenters. The lowest BCUT2D eigenvalue weighted by atomic mass is 9.98. The maximum Gasteiger partial charge on any atom is 0.110 e. The van der Waals surface area contributed by atoms with Gasteiger partial charge in [0.25, 0.3) is 0 Å². The van der Waals surface area contributed by atoms with Crippen LogP contribution in [0.3, 0.4) is 0 Å². The Hall–Kier alpha value is -1.19. The molecule has 0 spiro atoms. The van der Waals surface area contributed by atoms with E-state index >= 15 is 0 Å². The lowest BCUT2D eigenvalue weighted by Crippen LogP contribution is -2.21. The first kappa shape index (κ1) is 14.2. The Labute approximate surface area is 119 Å². The molecule has 0 saturated carbocycles. The third-order valence-electron chi connectivity index (χ3n) is 3.40. The lowest BCUT2D eigenvalue weighted by Gasteiger charge is -2.15. The van der Waals surface area contributed by atoms with Crippen molar-refractivity contribution in [3.63, 3.8) is 0 Å². The molecule has 0 aliphatic carbocycles. The van der Waals surface area contributed by atoms with E-state index in [0.717, 1.165) is 18.7 Å². The fraction of sp³-hybridized carbons (Fsp3) is 0.438. The van der Waals surface area contributed by atoms with Crippen molar-refractivity contribution in [2.45, 2.75) is 39.2 Å². The molecule has 0 bridgehead atoms. The fourth-order valence-corrected chi connectivity index (χ4v) is 2.95. The number of nitrogens with one attached hydrogen (secondary N) is 1. The molecule has 2 aromatic rings. The number of nitrogens with zero attached hydrogens (tertiary/aromatic N) is 1. The second-order valence-corrected chi connectivity index (χ2v) is 5.99. The van der Waals surface area contributed by atoms with E-state index in [2.05, 4.69) is 59.9 Å². The van der Waals surface area contributed by atoms with Gasteiger partial charge in [0.2, 0.25) is 0 Å². The molecule has 2 unspecified atom stereocenters. The van der Waals surface area contributed by atoms with E-state index in [1.807, 2.05) is 6.92 Å². The van der Waals surface area contributed by atoms with Gasteiger partial charge in [0, 0.05) is 11.1 Å². The molecule has 0 radical (unpaired) electrons. The second-order valence-electron chi connectivity index (χ2n) is 5.10. The van der Waals surface area contributed by atoms with Crippen molar-refractivity contribution in [2.75, 3.05) is 6.54 Å². The molecule has 1 aromatic carbocycles. The number of thiazole rings is 1. The molecule has 1 aromatic heterocycles. The van der Waals surface area contributed by atoms with Gasteiger partial charge in [-0.2, -0.15) is 0 Å². The second kappa shape index (κ2) is 6.83. The standard InChI is InChI=1S/C16H22N2S/c1-12(15-7-5-4-6-8-15)9-10-17-14(3)16-18-13(2)11-19-16/h4-8,11-12,14,17H,9-10H2,1-3H3. The van der Waals surface area contributed by atoms with Gasteiger partial charge < -0.3 is 5.32 Å². The summed E-state index contributed by atoms with van der Waals surface area (Å²) in [7, 11) is 0. The van der Waals surface area contributed by atoms with Crippen LogP contribution < -0.4 is 5.32 Å². The SMILES string of the molecule is Cc1csc(C(C)NCCC(C)c2ccccc2)n1. The van der Waals surface area contributed by atoms with Gasteiger partial charge in [-0.25, -0.2) is 4.98 Å². The molecule has 2 rings (SSSR count). The van der Waals surface area contributed by atoms with E-state index in [-0.39, 0.29) is 0 Å². The molecule has 0 amide bonds. The molecule has 1 heterocycles. The quantitative estimate of drug-likeness (QED) is 0.849. The van der Waals surface area contributed by atoms with E-state index in [1.165, 1.54) is 10.6 Å². The number of benzene rings is 1. The molecule has 0 saturated heterocycles. The van der Waals surface area contributed by atoms with Crippen LogP contribution >= 0.6 is 11.3 Å². The summed E-state index contributed by atoms with van der Waals surface area (Å²) < 4.78 is 0. The monoisotopic (exact) mass is 274 g/mol. The van der Waals surface area contributed by atoms with Crippen molar-refractivity contribution in [1.29, 1.82) is 0 Å². The maximum atomic E-state index is 4.52. The molecule has 0 aliphatic heterocycles. The predicted octanol–water partition coefficient (Wildman–Crippen LogP) is 4.30. The lowest BCUT2D eigenvalue weighted by molar-refractivity contribution is 0.529. The van der Waals surface area contributed by atoms with Crippen molar-refractivity contribution in [1.82, 2.24) is 10.3 Å².